The average molecular weight is 404 g/mol. The average Bonchev–Trinajstić information content (AvgIpc) is 2.70. The highest BCUT2D eigenvalue weighted by Gasteiger charge is 2.37. The minimum atomic E-state index is -0.668. The summed E-state index contributed by atoms with van der Waals surface area (Å²) >= 11 is 0. The molecule has 0 fully saturated rings. The Kier molecular flexibility index (Phi) is 4.17. The molecule has 30 heavy (non-hydrogen) atoms. The van der Waals surface area contributed by atoms with Gasteiger partial charge in [0.1, 0.15) is 12.4 Å². The van der Waals surface area contributed by atoms with Crippen molar-refractivity contribution in [2.24, 2.45) is 0 Å². The molecule has 5 rings (SSSR count). The van der Waals surface area contributed by atoms with Crippen LogP contribution in [0.2, 0.25) is 0 Å². The first kappa shape index (κ1) is 18.8. The van der Waals surface area contributed by atoms with E-state index in [-0.39, 0.29) is 23.8 Å². The first-order valence-electron chi connectivity index (χ1n) is 10.0. The summed E-state index contributed by atoms with van der Waals surface area (Å²) in [5.74, 6) is -1.05. The van der Waals surface area contributed by atoms with E-state index in [0.717, 1.165) is 34.0 Å². The van der Waals surface area contributed by atoms with Crippen molar-refractivity contribution in [3.8, 4) is 16.9 Å². The van der Waals surface area contributed by atoms with Crippen LogP contribution in [-0.2, 0) is 6.61 Å². The van der Waals surface area contributed by atoms with Gasteiger partial charge in [0.05, 0.1) is 5.54 Å². The van der Waals surface area contributed by atoms with Crippen molar-refractivity contribution >= 4 is 11.8 Å². The van der Waals surface area contributed by atoms with E-state index >= 15 is 0 Å². The Bertz CT molecular complexity index is 1190. The number of ether oxygens (including phenoxy) is 1. The van der Waals surface area contributed by atoms with Gasteiger partial charge in [0.15, 0.2) is 11.6 Å². The lowest BCUT2D eigenvalue weighted by Gasteiger charge is -2.42. The van der Waals surface area contributed by atoms with Gasteiger partial charge < -0.3 is 10.1 Å². The van der Waals surface area contributed by atoms with Crippen LogP contribution < -0.4 is 10.1 Å². The van der Waals surface area contributed by atoms with Crippen molar-refractivity contribution in [2.75, 3.05) is 5.32 Å². The first-order valence-corrected chi connectivity index (χ1v) is 10.0. The van der Waals surface area contributed by atoms with E-state index in [4.69, 9.17) is 4.74 Å². The number of rotatable bonds is 1. The molecule has 2 aromatic carbocycles. The summed E-state index contributed by atoms with van der Waals surface area (Å²) in [4.78, 5) is 4.10. The van der Waals surface area contributed by atoms with Gasteiger partial charge in [0, 0.05) is 41.2 Å². The predicted octanol–water partition coefficient (Wildman–Crippen LogP) is 6.31. The molecule has 2 aliphatic heterocycles. The van der Waals surface area contributed by atoms with Gasteiger partial charge in [-0.3, -0.25) is 4.98 Å². The van der Waals surface area contributed by atoms with Crippen LogP contribution in [0, 0.1) is 11.6 Å². The molecule has 3 aromatic rings. The van der Waals surface area contributed by atoms with Crippen LogP contribution in [0.4, 0.5) is 14.5 Å². The number of pyridine rings is 1. The predicted molar refractivity (Wildman–Crippen MR) is 114 cm³/mol. The van der Waals surface area contributed by atoms with Crippen LogP contribution in [0.3, 0.4) is 0 Å². The maximum atomic E-state index is 14.3. The molecule has 3 heterocycles. The van der Waals surface area contributed by atoms with E-state index < -0.39 is 11.6 Å². The maximum absolute atomic E-state index is 14.3. The lowest BCUT2D eigenvalue weighted by molar-refractivity contribution is 0.284. The number of nitrogens with one attached hydrogen (secondary N) is 1. The molecule has 0 amide bonds. The van der Waals surface area contributed by atoms with Gasteiger partial charge in [-0.15, -0.1) is 0 Å². The molecule has 5 heteroatoms. The molecule has 0 spiro atoms. The van der Waals surface area contributed by atoms with Crippen LogP contribution in [0.5, 0.6) is 5.75 Å². The normalized spacial score (nSPS) is 19.9. The summed E-state index contributed by atoms with van der Waals surface area (Å²) in [6.45, 7) is 6.75. The van der Waals surface area contributed by atoms with Crippen molar-refractivity contribution in [1.29, 1.82) is 0 Å². The molecular weight excluding hydrogens is 382 g/mol. The fourth-order valence-corrected chi connectivity index (χ4v) is 4.78. The third-order valence-electron chi connectivity index (χ3n) is 6.11. The van der Waals surface area contributed by atoms with E-state index in [1.807, 2.05) is 24.3 Å². The SMILES string of the molecule is CC1C(=Cc2ccncc2)C(C)(C)Nc2ccc3c(c21)COc1c(F)cc(F)cc1-3. The fourth-order valence-electron chi connectivity index (χ4n) is 4.78. The Balaban J connectivity index is 1.69. The number of halogens is 2. The van der Waals surface area contributed by atoms with E-state index in [2.05, 4.69) is 37.1 Å². The monoisotopic (exact) mass is 404 g/mol. The number of nitrogens with zero attached hydrogens (tertiary/aromatic N) is 1. The Morgan fingerprint density at radius 1 is 1.10 bits per heavy atom. The third kappa shape index (κ3) is 2.88. The highest BCUT2D eigenvalue weighted by Crippen LogP contribution is 2.50. The second-order valence-electron chi connectivity index (χ2n) is 8.46. The number of anilines is 1. The second kappa shape index (κ2) is 6.66. The highest BCUT2D eigenvalue weighted by molar-refractivity contribution is 5.82. The van der Waals surface area contributed by atoms with Crippen molar-refractivity contribution in [2.45, 2.75) is 38.8 Å². The van der Waals surface area contributed by atoms with Gasteiger partial charge in [-0.2, -0.15) is 0 Å². The largest absolute Gasteiger partial charge is 0.485 e. The van der Waals surface area contributed by atoms with Crippen molar-refractivity contribution < 1.29 is 13.5 Å². The lowest BCUT2D eigenvalue weighted by atomic mass is 9.73. The zero-order valence-corrected chi connectivity index (χ0v) is 17.1. The van der Waals surface area contributed by atoms with E-state index in [9.17, 15) is 8.78 Å². The second-order valence-corrected chi connectivity index (χ2v) is 8.46. The smallest absolute Gasteiger partial charge is 0.168 e. The minimum absolute atomic E-state index is 0.0999. The highest BCUT2D eigenvalue weighted by atomic mass is 19.1. The Labute approximate surface area is 174 Å². The lowest BCUT2D eigenvalue weighted by Crippen LogP contribution is -2.40. The molecule has 3 nitrogen and oxygen atoms in total. The standard InChI is InChI=1S/C25H22F2N2O/c1-14-20(10-15-6-8-28-9-7-15)25(2,3)29-22-5-4-17-18-11-16(26)12-21(27)24(18)30-13-19(17)23(14)22/h4-12,14,29H,13H2,1-3H3. The quantitative estimate of drug-likeness (QED) is 0.516. The van der Waals surface area contributed by atoms with Crippen LogP contribution in [0.1, 0.15) is 43.4 Å². The van der Waals surface area contributed by atoms with Gasteiger partial charge in [-0.05, 0) is 60.4 Å². The summed E-state index contributed by atoms with van der Waals surface area (Å²) in [7, 11) is 0. The molecule has 2 aliphatic rings. The molecule has 1 unspecified atom stereocenters. The van der Waals surface area contributed by atoms with Crippen LogP contribution in [-0.4, -0.2) is 10.5 Å². The summed E-state index contributed by atoms with van der Waals surface area (Å²) in [6.07, 6.45) is 5.76. The van der Waals surface area contributed by atoms with Gasteiger partial charge >= 0.3 is 0 Å². The third-order valence-corrected chi connectivity index (χ3v) is 6.11. The van der Waals surface area contributed by atoms with Crippen molar-refractivity contribution in [3.05, 3.63) is 82.7 Å². The zero-order chi connectivity index (χ0) is 21.0. The molecule has 0 saturated carbocycles. The molecular formula is C25H22F2N2O. The number of benzene rings is 2. The molecule has 1 N–H and O–H groups in total. The molecule has 0 radical (unpaired) electrons. The van der Waals surface area contributed by atoms with Crippen molar-refractivity contribution in [1.82, 2.24) is 4.98 Å². The van der Waals surface area contributed by atoms with E-state index in [1.165, 1.54) is 11.6 Å². The molecule has 1 atom stereocenters. The van der Waals surface area contributed by atoms with Crippen LogP contribution in [0.25, 0.3) is 17.2 Å². The van der Waals surface area contributed by atoms with Gasteiger partial charge in [0.25, 0.3) is 0 Å². The van der Waals surface area contributed by atoms with Crippen molar-refractivity contribution in [3.63, 3.8) is 0 Å². The summed E-state index contributed by atoms with van der Waals surface area (Å²) < 4.78 is 34.0. The van der Waals surface area contributed by atoms with E-state index in [0.29, 0.717) is 5.56 Å². The Morgan fingerprint density at radius 3 is 2.63 bits per heavy atom. The summed E-state index contributed by atoms with van der Waals surface area (Å²) in [5, 5.41) is 3.65. The number of fused-ring (bicyclic) bond motifs is 5. The minimum Gasteiger partial charge on any atom is -0.485 e. The number of hydrogen-bond donors (Lipinski definition) is 1. The zero-order valence-electron chi connectivity index (χ0n) is 17.1. The molecule has 0 saturated heterocycles. The Morgan fingerprint density at radius 2 is 1.87 bits per heavy atom. The number of hydrogen-bond acceptors (Lipinski definition) is 3. The first-order chi connectivity index (χ1) is 14.3. The van der Waals surface area contributed by atoms with Gasteiger partial charge in [0.2, 0.25) is 0 Å². The van der Waals surface area contributed by atoms with Crippen LogP contribution >= 0.6 is 0 Å². The number of aromatic nitrogens is 1. The molecule has 152 valence electrons. The molecule has 0 aliphatic carbocycles. The summed E-state index contributed by atoms with van der Waals surface area (Å²) in [6, 6.07) is 10.1. The maximum Gasteiger partial charge on any atom is 0.168 e. The Hall–Kier alpha value is -3.21. The summed E-state index contributed by atoms with van der Waals surface area (Å²) in [5.41, 5.74) is 6.46. The van der Waals surface area contributed by atoms with Gasteiger partial charge in [-0.1, -0.05) is 19.1 Å². The van der Waals surface area contributed by atoms with E-state index in [1.54, 1.807) is 12.4 Å². The van der Waals surface area contributed by atoms with Crippen LogP contribution in [0.15, 0.2) is 54.4 Å². The fraction of sp³-hybridized carbons (Fsp3) is 0.240. The molecule has 0 bridgehead atoms. The molecule has 1 aromatic heterocycles. The van der Waals surface area contributed by atoms with Gasteiger partial charge in [-0.25, -0.2) is 8.78 Å². The topological polar surface area (TPSA) is 34.2 Å².